The second-order valence-electron chi connectivity index (χ2n) is 6.75. The van der Waals surface area contributed by atoms with Gasteiger partial charge in [0.05, 0.1) is 17.2 Å². The summed E-state index contributed by atoms with van der Waals surface area (Å²) in [6.07, 6.45) is -4.55. The standard InChI is InChI=1S/C19H19F3N4O3/c1-10-8-14(24-29-10)23-17(27)15-11(2)25(3)18(28)26(4)16(15)12-6-5-7-13(9-12)19(20,21)22/h5-9,16H,1-4H3,(H,23,24,27)/t16-/m0/s1. The van der Waals surface area contributed by atoms with E-state index < -0.39 is 29.7 Å². The Hall–Kier alpha value is -3.30. The second kappa shape index (κ2) is 7.26. The predicted octanol–water partition coefficient (Wildman–Crippen LogP) is 3.95. The summed E-state index contributed by atoms with van der Waals surface area (Å²) in [7, 11) is 2.92. The van der Waals surface area contributed by atoms with Crippen LogP contribution in [-0.4, -0.2) is 41.0 Å². The number of carbonyl (C=O) groups excluding carboxylic acids is 2. The Morgan fingerprint density at radius 3 is 2.48 bits per heavy atom. The topological polar surface area (TPSA) is 78.7 Å². The summed E-state index contributed by atoms with van der Waals surface area (Å²) >= 11 is 0. The highest BCUT2D eigenvalue weighted by Gasteiger charge is 2.40. The van der Waals surface area contributed by atoms with E-state index in [0.29, 0.717) is 11.5 Å². The molecule has 2 aromatic rings. The summed E-state index contributed by atoms with van der Waals surface area (Å²) in [6, 6.07) is 4.65. The van der Waals surface area contributed by atoms with Crippen molar-refractivity contribution in [3.8, 4) is 0 Å². The van der Waals surface area contributed by atoms with E-state index in [9.17, 15) is 22.8 Å². The van der Waals surface area contributed by atoms with Gasteiger partial charge in [0.1, 0.15) is 5.76 Å². The normalized spacial score (nSPS) is 17.8. The van der Waals surface area contributed by atoms with Crippen LogP contribution < -0.4 is 5.32 Å². The first kappa shape index (κ1) is 20.4. The zero-order chi connectivity index (χ0) is 21.5. The molecule has 7 nitrogen and oxygen atoms in total. The molecule has 154 valence electrons. The van der Waals surface area contributed by atoms with E-state index in [2.05, 4.69) is 10.5 Å². The van der Waals surface area contributed by atoms with Gasteiger partial charge in [-0.2, -0.15) is 13.2 Å². The number of urea groups is 1. The largest absolute Gasteiger partial charge is 0.416 e. The number of halogens is 3. The van der Waals surface area contributed by atoms with Gasteiger partial charge in [-0.3, -0.25) is 4.79 Å². The first-order valence-corrected chi connectivity index (χ1v) is 8.64. The number of benzene rings is 1. The molecule has 1 N–H and O–H groups in total. The minimum atomic E-state index is -4.55. The summed E-state index contributed by atoms with van der Waals surface area (Å²) < 4.78 is 44.5. The summed E-state index contributed by atoms with van der Waals surface area (Å²) in [6.45, 7) is 3.22. The molecule has 0 saturated heterocycles. The summed E-state index contributed by atoms with van der Waals surface area (Å²) in [5, 5.41) is 6.28. The van der Waals surface area contributed by atoms with Crippen LogP contribution in [0.2, 0.25) is 0 Å². The number of carbonyl (C=O) groups is 2. The number of nitrogens with zero attached hydrogens (tertiary/aromatic N) is 3. The van der Waals surface area contributed by atoms with Gasteiger partial charge < -0.3 is 19.6 Å². The fourth-order valence-corrected chi connectivity index (χ4v) is 3.24. The highest BCUT2D eigenvalue weighted by atomic mass is 19.4. The number of hydrogen-bond acceptors (Lipinski definition) is 4. The molecule has 3 rings (SSSR count). The molecule has 2 heterocycles. The smallest absolute Gasteiger partial charge is 0.360 e. The second-order valence-corrected chi connectivity index (χ2v) is 6.75. The number of hydrogen-bond donors (Lipinski definition) is 1. The Bertz CT molecular complexity index is 997. The Morgan fingerprint density at radius 2 is 1.90 bits per heavy atom. The van der Waals surface area contributed by atoms with Crippen LogP contribution in [0, 0.1) is 6.92 Å². The van der Waals surface area contributed by atoms with Gasteiger partial charge in [-0.1, -0.05) is 17.3 Å². The monoisotopic (exact) mass is 408 g/mol. The highest BCUT2D eigenvalue weighted by Crippen LogP contribution is 2.38. The highest BCUT2D eigenvalue weighted by molar-refractivity contribution is 6.06. The number of alkyl halides is 3. The number of amides is 3. The minimum Gasteiger partial charge on any atom is -0.360 e. The Kier molecular flexibility index (Phi) is 5.12. The average molecular weight is 408 g/mol. The minimum absolute atomic E-state index is 0.134. The third-order valence-electron chi connectivity index (χ3n) is 4.79. The number of anilines is 1. The van der Waals surface area contributed by atoms with Crippen LogP contribution >= 0.6 is 0 Å². The van der Waals surface area contributed by atoms with Crippen molar-refractivity contribution in [1.29, 1.82) is 0 Å². The van der Waals surface area contributed by atoms with Crippen LogP contribution in [0.15, 0.2) is 46.1 Å². The third-order valence-corrected chi connectivity index (χ3v) is 4.79. The van der Waals surface area contributed by atoms with Gasteiger partial charge in [-0.05, 0) is 31.5 Å². The lowest BCUT2D eigenvalue weighted by Gasteiger charge is -2.39. The van der Waals surface area contributed by atoms with Gasteiger partial charge in [-0.15, -0.1) is 0 Å². The molecule has 1 aliphatic rings. The maximum atomic E-state index is 13.2. The molecular formula is C19H19F3N4O3. The van der Waals surface area contributed by atoms with Crippen molar-refractivity contribution < 1.29 is 27.3 Å². The number of rotatable bonds is 3. The van der Waals surface area contributed by atoms with Crippen molar-refractivity contribution in [3.05, 3.63) is 58.5 Å². The van der Waals surface area contributed by atoms with Crippen molar-refractivity contribution in [2.75, 3.05) is 19.4 Å². The van der Waals surface area contributed by atoms with Gasteiger partial charge >= 0.3 is 12.2 Å². The summed E-state index contributed by atoms with van der Waals surface area (Å²) in [5.41, 5.74) is -0.230. The molecule has 3 amide bonds. The molecule has 0 radical (unpaired) electrons. The number of allylic oxidation sites excluding steroid dienone is 1. The number of aryl methyl sites for hydroxylation is 1. The first-order valence-electron chi connectivity index (χ1n) is 8.64. The van der Waals surface area contributed by atoms with E-state index in [4.69, 9.17) is 4.52 Å². The molecular weight excluding hydrogens is 389 g/mol. The van der Waals surface area contributed by atoms with E-state index in [0.717, 1.165) is 12.1 Å². The van der Waals surface area contributed by atoms with Gasteiger partial charge in [0.15, 0.2) is 5.82 Å². The van der Waals surface area contributed by atoms with Crippen LogP contribution in [0.5, 0.6) is 0 Å². The van der Waals surface area contributed by atoms with E-state index in [-0.39, 0.29) is 17.0 Å². The summed E-state index contributed by atoms with van der Waals surface area (Å²) in [5.74, 6) is 0.0516. The van der Waals surface area contributed by atoms with Crippen molar-refractivity contribution in [1.82, 2.24) is 15.0 Å². The zero-order valence-electron chi connectivity index (χ0n) is 16.2. The maximum Gasteiger partial charge on any atom is 0.416 e. The number of likely N-dealkylation sites (N-methyl/N-ethyl adjacent to an activating group) is 1. The average Bonchev–Trinajstić information content (AvgIpc) is 3.06. The van der Waals surface area contributed by atoms with Crippen LogP contribution in [0.3, 0.4) is 0 Å². The fraction of sp³-hybridized carbons (Fsp3) is 0.316. The van der Waals surface area contributed by atoms with Gasteiger partial charge in [0.2, 0.25) is 0 Å². The van der Waals surface area contributed by atoms with E-state index in [1.807, 2.05) is 0 Å². The van der Waals surface area contributed by atoms with Crippen molar-refractivity contribution in [3.63, 3.8) is 0 Å². The van der Waals surface area contributed by atoms with Crippen LogP contribution in [0.1, 0.15) is 29.9 Å². The van der Waals surface area contributed by atoms with Gasteiger partial charge in [0, 0.05) is 25.9 Å². The Balaban J connectivity index is 2.09. The molecule has 0 aliphatic carbocycles. The molecule has 0 unspecified atom stereocenters. The number of nitrogens with one attached hydrogen (secondary N) is 1. The van der Waals surface area contributed by atoms with Crippen LogP contribution in [0.25, 0.3) is 0 Å². The third kappa shape index (κ3) is 3.82. The Labute approximate surface area is 164 Å². The van der Waals surface area contributed by atoms with Crippen molar-refractivity contribution in [2.24, 2.45) is 0 Å². The lowest BCUT2D eigenvalue weighted by atomic mass is 9.92. The molecule has 1 aromatic heterocycles. The molecule has 0 fully saturated rings. The maximum absolute atomic E-state index is 13.2. The molecule has 29 heavy (non-hydrogen) atoms. The molecule has 0 spiro atoms. The van der Waals surface area contributed by atoms with Crippen molar-refractivity contribution in [2.45, 2.75) is 26.1 Å². The molecule has 1 atom stereocenters. The molecule has 10 heteroatoms. The van der Waals surface area contributed by atoms with Gasteiger partial charge in [0.25, 0.3) is 5.91 Å². The summed E-state index contributed by atoms with van der Waals surface area (Å²) in [4.78, 5) is 28.1. The molecule has 1 aromatic carbocycles. The lowest BCUT2D eigenvalue weighted by Crippen LogP contribution is -2.47. The van der Waals surface area contributed by atoms with Gasteiger partial charge in [-0.25, -0.2) is 4.79 Å². The molecule has 0 bridgehead atoms. The lowest BCUT2D eigenvalue weighted by molar-refractivity contribution is -0.137. The molecule has 0 saturated carbocycles. The van der Waals surface area contributed by atoms with E-state index in [1.165, 1.54) is 42.1 Å². The first-order chi connectivity index (χ1) is 13.5. The predicted molar refractivity (Wildman–Crippen MR) is 97.7 cm³/mol. The zero-order valence-corrected chi connectivity index (χ0v) is 16.2. The van der Waals surface area contributed by atoms with Crippen LogP contribution in [0.4, 0.5) is 23.8 Å². The Morgan fingerprint density at radius 1 is 1.21 bits per heavy atom. The van der Waals surface area contributed by atoms with Crippen LogP contribution in [-0.2, 0) is 11.0 Å². The van der Waals surface area contributed by atoms with E-state index in [1.54, 1.807) is 13.8 Å². The molecule has 1 aliphatic heterocycles. The van der Waals surface area contributed by atoms with E-state index >= 15 is 0 Å². The number of aromatic nitrogens is 1. The quantitative estimate of drug-likeness (QED) is 0.834. The SMILES string of the molecule is CC1=C(C(=O)Nc2cc(C)on2)[C@H](c2cccc(C(F)(F)F)c2)N(C)C(=O)N1C. The fourth-order valence-electron chi connectivity index (χ4n) is 3.24. The van der Waals surface area contributed by atoms with Crippen molar-refractivity contribution >= 4 is 17.8 Å².